The minimum absolute atomic E-state index is 0.0704. The highest BCUT2D eigenvalue weighted by Crippen LogP contribution is 2.42. The van der Waals surface area contributed by atoms with Gasteiger partial charge in [0.25, 0.3) is 5.56 Å². The fourth-order valence-electron chi connectivity index (χ4n) is 4.64. The summed E-state index contributed by atoms with van der Waals surface area (Å²) in [6.45, 7) is 3.25. The van der Waals surface area contributed by atoms with Gasteiger partial charge in [-0.2, -0.15) is 0 Å². The average molecular weight is 471 g/mol. The normalized spacial score (nSPS) is 14.7. The Balaban J connectivity index is 1.37. The summed E-state index contributed by atoms with van der Waals surface area (Å²) in [5.41, 5.74) is 3.52. The van der Waals surface area contributed by atoms with Crippen LogP contribution < -0.4 is 25.2 Å². The van der Waals surface area contributed by atoms with E-state index >= 15 is 0 Å². The predicted molar refractivity (Wildman–Crippen MR) is 127 cm³/mol. The summed E-state index contributed by atoms with van der Waals surface area (Å²) in [6, 6.07) is 12.1. The number of fused-ring (bicyclic) bond motifs is 4. The number of anilines is 2. The topological polar surface area (TPSA) is 118 Å². The summed E-state index contributed by atoms with van der Waals surface area (Å²) in [5.74, 6) is 0.928. The number of aromatic carboxylic acids is 1. The Labute approximate surface area is 199 Å². The van der Waals surface area contributed by atoms with E-state index in [9.17, 15) is 14.7 Å². The molecular formula is C25H21N5O5. The lowest BCUT2D eigenvalue weighted by atomic mass is 10.1. The van der Waals surface area contributed by atoms with E-state index in [1.54, 1.807) is 24.4 Å². The van der Waals surface area contributed by atoms with Crippen LogP contribution in [0.2, 0.25) is 0 Å². The SMILES string of the molecule is C[C@@H](Nc1cccnc1C(=O)O)c1cccn2c(=O)cc(N3Cc4ccc5c(c4C3)OCO5)nc12. The summed E-state index contributed by atoms with van der Waals surface area (Å²) in [5, 5.41) is 12.7. The molecule has 1 atom stereocenters. The monoisotopic (exact) mass is 471 g/mol. The highest BCUT2D eigenvalue weighted by atomic mass is 16.7. The van der Waals surface area contributed by atoms with Crippen molar-refractivity contribution in [3.8, 4) is 11.5 Å². The van der Waals surface area contributed by atoms with Crippen LogP contribution in [0.3, 0.4) is 0 Å². The molecule has 0 fully saturated rings. The minimum atomic E-state index is -1.12. The molecule has 0 amide bonds. The molecule has 5 heterocycles. The van der Waals surface area contributed by atoms with Crippen molar-refractivity contribution in [1.29, 1.82) is 0 Å². The molecule has 2 N–H and O–H groups in total. The molecule has 2 aliphatic rings. The lowest BCUT2D eigenvalue weighted by Crippen LogP contribution is -2.23. The van der Waals surface area contributed by atoms with Gasteiger partial charge in [0.15, 0.2) is 17.2 Å². The van der Waals surface area contributed by atoms with Crippen molar-refractivity contribution in [2.75, 3.05) is 17.0 Å². The van der Waals surface area contributed by atoms with E-state index in [1.165, 1.54) is 16.7 Å². The third kappa shape index (κ3) is 3.50. The highest BCUT2D eigenvalue weighted by Gasteiger charge is 2.29. The molecule has 176 valence electrons. The molecule has 0 bridgehead atoms. The highest BCUT2D eigenvalue weighted by molar-refractivity contribution is 5.91. The van der Waals surface area contributed by atoms with Crippen LogP contribution >= 0.6 is 0 Å². The van der Waals surface area contributed by atoms with Crippen LogP contribution in [0.1, 0.15) is 40.1 Å². The van der Waals surface area contributed by atoms with Gasteiger partial charge in [-0.15, -0.1) is 0 Å². The molecule has 4 aromatic rings. The van der Waals surface area contributed by atoms with Crippen LogP contribution in [0, 0.1) is 0 Å². The molecule has 3 aromatic heterocycles. The second-order valence-electron chi connectivity index (χ2n) is 8.47. The van der Waals surface area contributed by atoms with Gasteiger partial charge in [0.1, 0.15) is 11.5 Å². The first-order valence-corrected chi connectivity index (χ1v) is 11.1. The van der Waals surface area contributed by atoms with Crippen LogP contribution in [-0.2, 0) is 13.1 Å². The first-order valence-electron chi connectivity index (χ1n) is 11.1. The summed E-state index contributed by atoms with van der Waals surface area (Å²) in [6.07, 6.45) is 3.11. The fourth-order valence-corrected chi connectivity index (χ4v) is 4.64. The van der Waals surface area contributed by atoms with Crippen LogP contribution in [0.5, 0.6) is 11.5 Å². The van der Waals surface area contributed by atoms with Crippen molar-refractivity contribution in [2.45, 2.75) is 26.1 Å². The van der Waals surface area contributed by atoms with Gasteiger partial charge in [-0.3, -0.25) is 9.20 Å². The molecule has 1 aromatic carbocycles. The number of ether oxygens (including phenoxy) is 2. The van der Waals surface area contributed by atoms with Gasteiger partial charge in [-0.05, 0) is 36.8 Å². The molecule has 35 heavy (non-hydrogen) atoms. The number of hydrogen-bond donors (Lipinski definition) is 2. The van der Waals surface area contributed by atoms with Gasteiger partial charge < -0.3 is 24.8 Å². The summed E-state index contributed by atoms with van der Waals surface area (Å²) < 4.78 is 12.7. The van der Waals surface area contributed by atoms with Crippen LogP contribution in [0.25, 0.3) is 5.65 Å². The molecule has 6 rings (SSSR count). The van der Waals surface area contributed by atoms with Crippen LogP contribution in [0.15, 0.2) is 59.7 Å². The molecule has 0 unspecified atom stereocenters. The Morgan fingerprint density at radius 3 is 2.91 bits per heavy atom. The van der Waals surface area contributed by atoms with Crippen molar-refractivity contribution in [2.24, 2.45) is 0 Å². The Hall–Kier alpha value is -4.60. The smallest absolute Gasteiger partial charge is 0.356 e. The number of hydrogen-bond acceptors (Lipinski definition) is 8. The lowest BCUT2D eigenvalue weighted by molar-refractivity contribution is 0.0691. The van der Waals surface area contributed by atoms with E-state index in [0.29, 0.717) is 30.2 Å². The first kappa shape index (κ1) is 21.0. The molecular weight excluding hydrogens is 450 g/mol. The van der Waals surface area contributed by atoms with Gasteiger partial charge >= 0.3 is 5.97 Å². The zero-order chi connectivity index (χ0) is 24.1. The number of aromatic nitrogens is 3. The largest absolute Gasteiger partial charge is 0.476 e. The Morgan fingerprint density at radius 1 is 1.17 bits per heavy atom. The molecule has 0 saturated carbocycles. The second kappa shape index (κ2) is 8.01. The number of benzene rings is 1. The Kier molecular flexibility index (Phi) is 4.80. The maximum Gasteiger partial charge on any atom is 0.356 e. The number of rotatable bonds is 5. The molecule has 0 aliphatic carbocycles. The molecule has 0 spiro atoms. The van der Waals surface area contributed by atoms with Crippen LogP contribution in [-0.4, -0.2) is 32.2 Å². The van der Waals surface area contributed by atoms with Crippen molar-refractivity contribution in [3.05, 3.63) is 87.6 Å². The lowest BCUT2D eigenvalue weighted by Gasteiger charge is -2.20. The van der Waals surface area contributed by atoms with E-state index in [1.807, 2.05) is 30.0 Å². The number of pyridine rings is 2. The first-order chi connectivity index (χ1) is 17.0. The van der Waals surface area contributed by atoms with Gasteiger partial charge in [0.05, 0.1) is 11.7 Å². The number of nitrogens with one attached hydrogen (secondary N) is 1. The zero-order valence-electron chi connectivity index (χ0n) is 18.8. The van der Waals surface area contributed by atoms with E-state index in [0.717, 1.165) is 28.2 Å². The van der Waals surface area contributed by atoms with E-state index in [-0.39, 0.29) is 24.1 Å². The average Bonchev–Trinajstić information content (AvgIpc) is 3.50. The Morgan fingerprint density at radius 2 is 2.06 bits per heavy atom. The molecule has 10 nitrogen and oxygen atoms in total. The van der Waals surface area contributed by atoms with Gasteiger partial charge in [0, 0.05) is 42.7 Å². The number of carboxylic acids is 1. The standard InChI is InChI=1S/C25H21N5O5/c1-14(27-18-5-2-8-26-22(18)25(32)33)16-4-3-9-30-21(31)10-20(28-24(16)30)29-11-15-6-7-19-23(17(15)12-29)35-13-34-19/h2-10,14,27H,11-13H2,1H3,(H,32,33)/t14-/m1/s1. The molecule has 2 aliphatic heterocycles. The van der Waals surface area contributed by atoms with E-state index < -0.39 is 5.97 Å². The number of nitrogens with zero attached hydrogens (tertiary/aromatic N) is 4. The molecule has 10 heteroatoms. The third-order valence-corrected chi connectivity index (χ3v) is 6.33. The molecule has 0 radical (unpaired) electrons. The maximum absolute atomic E-state index is 13.0. The zero-order valence-corrected chi connectivity index (χ0v) is 18.8. The van der Waals surface area contributed by atoms with Crippen molar-refractivity contribution >= 4 is 23.1 Å². The van der Waals surface area contributed by atoms with Crippen molar-refractivity contribution in [3.63, 3.8) is 0 Å². The summed E-state index contributed by atoms with van der Waals surface area (Å²) >= 11 is 0. The number of carboxylic acid groups (broad SMARTS) is 1. The summed E-state index contributed by atoms with van der Waals surface area (Å²) in [7, 11) is 0. The molecule has 0 saturated heterocycles. The summed E-state index contributed by atoms with van der Waals surface area (Å²) in [4.78, 5) is 35.5. The van der Waals surface area contributed by atoms with E-state index in [4.69, 9.17) is 14.5 Å². The minimum Gasteiger partial charge on any atom is -0.476 e. The quantitative estimate of drug-likeness (QED) is 0.452. The Bertz CT molecular complexity index is 1550. The van der Waals surface area contributed by atoms with Crippen molar-refractivity contribution in [1.82, 2.24) is 14.4 Å². The van der Waals surface area contributed by atoms with Gasteiger partial charge in [-0.25, -0.2) is 14.8 Å². The van der Waals surface area contributed by atoms with Crippen molar-refractivity contribution < 1.29 is 19.4 Å². The second-order valence-corrected chi connectivity index (χ2v) is 8.47. The maximum atomic E-state index is 13.0. The predicted octanol–water partition coefficient (Wildman–Crippen LogP) is 3.21. The van der Waals surface area contributed by atoms with Gasteiger partial charge in [0.2, 0.25) is 6.79 Å². The van der Waals surface area contributed by atoms with Gasteiger partial charge in [-0.1, -0.05) is 12.1 Å². The van der Waals surface area contributed by atoms with Crippen LogP contribution in [0.4, 0.5) is 11.5 Å². The number of carbonyl (C=O) groups is 1. The van der Waals surface area contributed by atoms with E-state index in [2.05, 4.69) is 10.3 Å². The third-order valence-electron chi connectivity index (χ3n) is 6.33. The fraction of sp³-hybridized carbons (Fsp3) is 0.200.